The molecule has 7 nitrogen and oxygen atoms in total. The highest BCUT2D eigenvalue weighted by Gasteiger charge is 2.23. The Hall–Kier alpha value is -3.19. The van der Waals surface area contributed by atoms with Gasteiger partial charge in [-0.3, -0.25) is 14.2 Å². The number of aryl methyl sites for hydroxylation is 1. The van der Waals surface area contributed by atoms with E-state index in [0.717, 1.165) is 15.7 Å². The van der Waals surface area contributed by atoms with Crippen molar-refractivity contribution in [2.75, 3.05) is 20.3 Å². The maximum atomic E-state index is 13.5. The molecule has 0 bridgehead atoms. The highest BCUT2D eigenvalue weighted by molar-refractivity contribution is 5.84. The predicted molar refractivity (Wildman–Crippen MR) is 113 cm³/mol. The van der Waals surface area contributed by atoms with Gasteiger partial charge in [-0.05, 0) is 50.1 Å². The van der Waals surface area contributed by atoms with Gasteiger partial charge >= 0.3 is 5.69 Å². The normalized spacial score (nSPS) is 12.1. The number of ether oxygens (including phenoxy) is 1. The number of fused-ring (bicyclic) bond motifs is 1. The summed E-state index contributed by atoms with van der Waals surface area (Å²) in [4.78, 5) is 39.3. The van der Waals surface area contributed by atoms with Gasteiger partial charge < -0.3 is 10.1 Å². The average Bonchev–Trinajstić information content (AvgIpc) is 2.71. The Morgan fingerprint density at radius 2 is 1.83 bits per heavy atom. The van der Waals surface area contributed by atoms with Crippen molar-refractivity contribution in [2.45, 2.75) is 26.8 Å². The SMILES string of the molecule is COCCNC(=O)C(C)n1c(=O)n(-c2cccc(C)c2C)c(=O)c2ccccc21. The monoisotopic (exact) mass is 395 g/mol. The maximum Gasteiger partial charge on any atom is 0.336 e. The number of benzene rings is 2. The van der Waals surface area contributed by atoms with E-state index in [9.17, 15) is 14.4 Å². The molecule has 0 saturated carbocycles. The number of carbonyl (C=O) groups is 1. The van der Waals surface area contributed by atoms with Crippen molar-refractivity contribution in [3.05, 3.63) is 74.4 Å². The average molecular weight is 395 g/mol. The number of hydrogen-bond donors (Lipinski definition) is 1. The van der Waals surface area contributed by atoms with Crippen molar-refractivity contribution in [2.24, 2.45) is 0 Å². The summed E-state index contributed by atoms with van der Waals surface area (Å²) in [5.74, 6) is -0.319. The quantitative estimate of drug-likeness (QED) is 0.648. The molecular weight excluding hydrogens is 370 g/mol. The van der Waals surface area contributed by atoms with Crippen LogP contribution in [0.5, 0.6) is 0 Å². The van der Waals surface area contributed by atoms with Gasteiger partial charge in [0, 0.05) is 13.7 Å². The van der Waals surface area contributed by atoms with Crippen LogP contribution < -0.4 is 16.6 Å². The van der Waals surface area contributed by atoms with E-state index in [0.29, 0.717) is 29.7 Å². The van der Waals surface area contributed by atoms with Crippen LogP contribution in [0.25, 0.3) is 16.6 Å². The van der Waals surface area contributed by atoms with E-state index in [1.165, 1.54) is 4.57 Å². The number of carbonyl (C=O) groups excluding carboxylic acids is 1. The Kier molecular flexibility index (Phi) is 5.98. The van der Waals surface area contributed by atoms with Crippen LogP contribution in [0.1, 0.15) is 24.1 Å². The van der Waals surface area contributed by atoms with Gasteiger partial charge in [0.25, 0.3) is 5.56 Å². The molecule has 0 aliphatic carbocycles. The van der Waals surface area contributed by atoms with Gasteiger partial charge in [-0.15, -0.1) is 0 Å². The molecule has 152 valence electrons. The lowest BCUT2D eigenvalue weighted by Crippen LogP contribution is -2.44. The summed E-state index contributed by atoms with van der Waals surface area (Å²) in [5, 5.41) is 3.14. The topological polar surface area (TPSA) is 82.3 Å². The molecule has 1 N–H and O–H groups in total. The zero-order valence-electron chi connectivity index (χ0n) is 17.1. The van der Waals surface area contributed by atoms with Gasteiger partial charge in [0.05, 0.1) is 23.2 Å². The first-order valence-corrected chi connectivity index (χ1v) is 9.48. The predicted octanol–water partition coefficient (Wildman–Crippen LogP) is 2.09. The lowest BCUT2D eigenvalue weighted by molar-refractivity contribution is -0.124. The fourth-order valence-electron chi connectivity index (χ4n) is 3.39. The summed E-state index contributed by atoms with van der Waals surface area (Å²) >= 11 is 0. The number of para-hydroxylation sites is 1. The van der Waals surface area contributed by atoms with Gasteiger partial charge in [-0.25, -0.2) is 9.36 Å². The minimum absolute atomic E-state index is 0.319. The van der Waals surface area contributed by atoms with Gasteiger partial charge in [-0.2, -0.15) is 0 Å². The molecule has 1 unspecified atom stereocenters. The second kappa shape index (κ2) is 8.45. The van der Waals surface area contributed by atoms with Gasteiger partial charge in [0.15, 0.2) is 0 Å². The third-order valence-electron chi connectivity index (χ3n) is 5.18. The molecule has 0 spiro atoms. The number of nitrogens with zero attached hydrogens (tertiary/aromatic N) is 2. The number of aromatic nitrogens is 2. The van der Waals surface area contributed by atoms with E-state index in [-0.39, 0.29) is 5.91 Å². The summed E-state index contributed by atoms with van der Waals surface area (Å²) in [5.41, 5.74) is 1.81. The Balaban J connectivity index is 2.28. The summed E-state index contributed by atoms with van der Waals surface area (Å²) in [7, 11) is 1.55. The molecule has 2 aromatic carbocycles. The molecule has 1 atom stereocenters. The summed E-state index contributed by atoms with van der Waals surface area (Å²) in [6, 6.07) is 11.5. The fraction of sp³-hybridized carbons (Fsp3) is 0.318. The number of methoxy groups -OCH3 is 1. The number of hydrogen-bond acceptors (Lipinski definition) is 4. The van der Waals surface area contributed by atoms with Crippen LogP contribution in [-0.2, 0) is 9.53 Å². The highest BCUT2D eigenvalue weighted by Crippen LogP contribution is 2.18. The fourth-order valence-corrected chi connectivity index (χ4v) is 3.39. The molecule has 0 saturated heterocycles. The number of nitrogens with one attached hydrogen (secondary N) is 1. The van der Waals surface area contributed by atoms with E-state index in [1.807, 2.05) is 26.0 Å². The Morgan fingerprint density at radius 3 is 2.55 bits per heavy atom. The zero-order chi connectivity index (χ0) is 21.1. The third-order valence-corrected chi connectivity index (χ3v) is 5.18. The molecule has 0 radical (unpaired) electrons. The summed E-state index contributed by atoms with van der Waals surface area (Å²) < 4.78 is 7.49. The molecule has 29 heavy (non-hydrogen) atoms. The molecule has 7 heteroatoms. The van der Waals surface area contributed by atoms with Crippen LogP contribution in [0.4, 0.5) is 0 Å². The van der Waals surface area contributed by atoms with E-state index >= 15 is 0 Å². The van der Waals surface area contributed by atoms with Crippen molar-refractivity contribution < 1.29 is 9.53 Å². The van der Waals surface area contributed by atoms with Crippen LogP contribution in [0, 0.1) is 13.8 Å². The number of amides is 1. The largest absolute Gasteiger partial charge is 0.383 e. The standard InChI is InChI=1S/C22H25N3O4/c1-14-8-7-11-18(15(14)2)25-21(27)17-9-5-6-10-19(17)24(22(25)28)16(3)20(26)23-12-13-29-4/h5-11,16H,12-13H2,1-4H3,(H,23,26). The molecule has 0 aliphatic heterocycles. The van der Waals surface area contributed by atoms with Crippen molar-refractivity contribution >= 4 is 16.8 Å². The van der Waals surface area contributed by atoms with E-state index in [1.54, 1.807) is 44.4 Å². The minimum atomic E-state index is -0.804. The summed E-state index contributed by atoms with van der Waals surface area (Å²) in [6.07, 6.45) is 0. The Labute approximate surface area is 168 Å². The molecule has 1 aromatic heterocycles. The zero-order valence-corrected chi connectivity index (χ0v) is 17.1. The smallest absolute Gasteiger partial charge is 0.336 e. The summed E-state index contributed by atoms with van der Waals surface area (Å²) in [6.45, 7) is 6.15. The van der Waals surface area contributed by atoms with Crippen molar-refractivity contribution in [1.82, 2.24) is 14.5 Å². The molecule has 0 aliphatic rings. The molecule has 1 amide bonds. The molecule has 0 fully saturated rings. The molecule has 3 rings (SSSR count). The van der Waals surface area contributed by atoms with Crippen molar-refractivity contribution in [3.63, 3.8) is 0 Å². The molecular formula is C22H25N3O4. The van der Waals surface area contributed by atoms with Crippen LogP contribution in [0.2, 0.25) is 0 Å². The first-order valence-electron chi connectivity index (χ1n) is 9.48. The first kappa shape index (κ1) is 20.5. The minimum Gasteiger partial charge on any atom is -0.383 e. The number of rotatable bonds is 6. The van der Waals surface area contributed by atoms with Gasteiger partial charge in [0.1, 0.15) is 6.04 Å². The van der Waals surface area contributed by atoms with Crippen LogP contribution >= 0.6 is 0 Å². The van der Waals surface area contributed by atoms with Crippen LogP contribution in [0.3, 0.4) is 0 Å². The molecule has 3 aromatic rings. The van der Waals surface area contributed by atoms with Gasteiger partial charge in [0.2, 0.25) is 5.91 Å². The van der Waals surface area contributed by atoms with Gasteiger partial charge in [-0.1, -0.05) is 24.3 Å². The third kappa shape index (κ3) is 3.73. The second-order valence-corrected chi connectivity index (χ2v) is 6.99. The van der Waals surface area contributed by atoms with E-state index < -0.39 is 17.3 Å². The second-order valence-electron chi connectivity index (χ2n) is 6.99. The highest BCUT2D eigenvalue weighted by atomic mass is 16.5. The lowest BCUT2D eigenvalue weighted by Gasteiger charge is -2.20. The van der Waals surface area contributed by atoms with E-state index in [4.69, 9.17) is 4.74 Å². The molecule has 1 heterocycles. The lowest BCUT2D eigenvalue weighted by atomic mass is 10.1. The van der Waals surface area contributed by atoms with Crippen molar-refractivity contribution in [3.8, 4) is 5.69 Å². The van der Waals surface area contributed by atoms with Crippen LogP contribution in [0.15, 0.2) is 52.1 Å². The van der Waals surface area contributed by atoms with Crippen LogP contribution in [-0.4, -0.2) is 35.3 Å². The van der Waals surface area contributed by atoms with Crippen molar-refractivity contribution in [1.29, 1.82) is 0 Å². The first-order chi connectivity index (χ1) is 13.9. The maximum absolute atomic E-state index is 13.5. The Bertz CT molecular complexity index is 1180. The Morgan fingerprint density at radius 1 is 1.10 bits per heavy atom. The van der Waals surface area contributed by atoms with E-state index in [2.05, 4.69) is 5.32 Å².